The van der Waals surface area contributed by atoms with E-state index < -0.39 is 0 Å². The van der Waals surface area contributed by atoms with Crippen molar-refractivity contribution < 1.29 is 0 Å². The number of aromatic nitrogens is 2. The van der Waals surface area contributed by atoms with Gasteiger partial charge in [-0.2, -0.15) is 5.26 Å². The van der Waals surface area contributed by atoms with E-state index in [0.29, 0.717) is 0 Å². The van der Waals surface area contributed by atoms with Crippen LogP contribution in [0.3, 0.4) is 0 Å². The lowest BCUT2D eigenvalue weighted by Gasteiger charge is -2.36. The highest BCUT2D eigenvalue weighted by atomic mass is 32.1. The Morgan fingerprint density at radius 3 is 2.57 bits per heavy atom. The summed E-state index contributed by atoms with van der Waals surface area (Å²) in [5.74, 6) is 0. The third-order valence-corrected chi connectivity index (χ3v) is 4.35. The number of piperazine rings is 1. The molecule has 0 saturated carbocycles. The predicted molar refractivity (Wildman–Crippen MR) is 81.6 cm³/mol. The minimum Gasteiger partial charge on any atom is -0.295 e. The van der Waals surface area contributed by atoms with Crippen LogP contribution in [0.5, 0.6) is 0 Å². The molecule has 0 amide bonds. The van der Waals surface area contributed by atoms with Crippen molar-refractivity contribution in [2.45, 2.75) is 12.6 Å². The van der Waals surface area contributed by atoms with Gasteiger partial charge < -0.3 is 0 Å². The summed E-state index contributed by atoms with van der Waals surface area (Å²) >= 11 is 1.39. The Morgan fingerprint density at radius 2 is 1.95 bits per heavy atom. The molecular formula is C15H17N5S. The molecule has 0 bridgehead atoms. The third-order valence-electron chi connectivity index (χ3n) is 3.80. The number of hydrogen-bond acceptors (Lipinski definition) is 6. The maximum absolute atomic E-state index is 9.48. The van der Waals surface area contributed by atoms with E-state index in [1.165, 1.54) is 11.5 Å². The summed E-state index contributed by atoms with van der Waals surface area (Å²) in [6.07, 6.45) is 0. The van der Waals surface area contributed by atoms with Gasteiger partial charge in [-0.15, -0.1) is 5.10 Å². The van der Waals surface area contributed by atoms with E-state index in [9.17, 15) is 5.26 Å². The van der Waals surface area contributed by atoms with Crippen LogP contribution in [0, 0.1) is 11.3 Å². The van der Waals surface area contributed by atoms with Gasteiger partial charge in [0, 0.05) is 38.1 Å². The van der Waals surface area contributed by atoms with Gasteiger partial charge in [0.25, 0.3) is 0 Å². The Bertz CT molecular complexity index is 584. The average molecular weight is 299 g/mol. The van der Waals surface area contributed by atoms with Gasteiger partial charge in [-0.05, 0) is 17.1 Å². The molecule has 2 heterocycles. The van der Waals surface area contributed by atoms with Crippen molar-refractivity contribution in [1.82, 2.24) is 19.4 Å². The second kappa shape index (κ2) is 6.76. The molecule has 1 saturated heterocycles. The van der Waals surface area contributed by atoms with Gasteiger partial charge in [0.2, 0.25) is 0 Å². The zero-order valence-corrected chi connectivity index (χ0v) is 12.5. The lowest BCUT2D eigenvalue weighted by molar-refractivity contribution is 0.108. The second-order valence-corrected chi connectivity index (χ2v) is 5.76. The highest BCUT2D eigenvalue weighted by Crippen LogP contribution is 2.21. The van der Waals surface area contributed by atoms with E-state index in [0.717, 1.165) is 44.0 Å². The number of nitrogens with zero attached hydrogens (tertiary/aromatic N) is 5. The fourth-order valence-corrected chi connectivity index (χ4v) is 3.11. The normalized spacial score (nSPS) is 18.2. The predicted octanol–water partition coefficient (Wildman–Crippen LogP) is 1.92. The molecule has 2 aromatic rings. The molecule has 1 aromatic heterocycles. The molecule has 0 N–H and O–H groups in total. The summed E-state index contributed by atoms with van der Waals surface area (Å²) < 4.78 is 3.90. The van der Waals surface area contributed by atoms with E-state index in [-0.39, 0.29) is 6.04 Å². The monoisotopic (exact) mass is 299 g/mol. The molecule has 0 spiro atoms. The van der Waals surface area contributed by atoms with Crippen LogP contribution in [0.4, 0.5) is 0 Å². The summed E-state index contributed by atoms with van der Waals surface area (Å²) in [5.41, 5.74) is 2.12. The standard InChI is InChI=1S/C15H17N5S/c16-10-15(13-4-2-1-3-5-13)20-8-6-19(7-9-20)11-14-12-21-18-17-14/h1-5,12,15H,6-9,11H2. The van der Waals surface area contributed by atoms with Gasteiger partial charge in [-0.25, -0.2) is 0 Å². The summed E-state index contributed by atoms with van der Waals surface area (Å²) in [5, 5.41) is 15.6. The summed E-state index contributed by atoms with van der Waals surface area (Å²) in [4.78, 5) is 4.62. The van der Waals surface area contributed by atoms with Gasteiger partial charge in [-0.3, -0.25) is 9.80 Å². The summed E-state index contributed by atoms with van der Waals surface area (Å²) in [6.45, 7) is 4.59. The van der Waals surface area contributed by atoms with Crippen LogP contribution in [0.2, 0.25) is 0 Å². The minimum absolute atomic E-state index is 0.144. The van der Waals surface area contributed by atoms with Crippen molar-refractivity contribution >= 4 is 11.5 Å². The van der Waals surface area contributed by atoms with Crippen molar-refractivity contribution in [2.75, 3.05) is 26.2 Å². The van der Waals surface area contributed by atoms with Crippen LogP contribution in [-0.2, 0) is 6.54 Å². The molecule has 1 aliphatic rings. The van der Waals surface area contributed by atoms with Crippen LogP contribution in [0.1, 0.15) is 17.3 Å². The van der Waals surface area contributed by atoms with Crippen LogP contribution < -0.4 is 0 Å². The molecule has 1 unspecified atom stereocenters. The Labute approximate surface area is 128 Å². The first-order valence-corrected chi connectivity index (χ1v) is 7.87. The topological polar surface area (TPSA) is 56.1 Å². The van der Waals surface area contributed by atoms with Crippen molar-refractivity contribution in [3.05, 3.63) is 47.0 Å². The van der Waals surface area contributed by atoms with E-state index >= 15 is 0 Å². The molecule has 6 heteroatoms. The van der Waals surface area contributed by atoms with E-state index in [1.54, 1.807) is 0 Å². The molecule has 1 aromatic carbocycles. The number of rotatable bonds is 4. The fourth-order valence-electron chi connectivity index (χ4n) is 2.66. The smallest absolute Gasteiger partial charge is 0.123 e. The number of benzene rings is 1. The average Bonchev–Trinajstić information content (AvgIpc) is 3.04. The molecule has 5 nitrogen and oxygen atoms in total. The largest absolute Gasteiger partial charge is 0.295 e. The zero-order valence-electron chi connectivity index (χ0n) is 11.7. The molecule has 0 aliphatic carbocycles. The van der Waals surface area contributed by atoms with Crippen LogP contribution in [-0.4, -0.2) is 45.6 Å². The first kappa shape index (κ1) is 14.1. The molecule has 1 aliphatic heterocycles. The van der Waals surface area contributed by atoms with Crippen LogP contribution in [0.15, 0.2) is 35.7 Å². The van der Waals surface area contributed by atoms with Crippen molar-refractivity contribution in [2.24, 2.45) is 0 Å². The first-order valence-electron chi connectivity index (χ1n) is 7.04. The van der Waals surface area contributed by atoms with Gasteiger partial charge in [0.15, 0.2) is 0 Å². The van der Waals surface area contributed by atoms with E-state index in [1.807, 2.05) is 35.7 Å². The molecule has 3 rings (SSSR count). The van der Waals surface area contributed by atoms with Crippen LogP contribution >= 0.6 is 11.5 Å². The maximum Gasteiger partial charge on any atom is 0.123 e. The maximum atomic E-state index is 9.48. The lowest BCUT2D eigenvalue weighted by Crippen LogP contribution is -2.47. The molecule has 108 valence electrons. The van der Waals surface area contributed by atoms with Crippen molar-refractivity contribution in [3.63, 3.8) is 0 Å². The highest BCUT2D eigenvalue weighted by molar-refractivity contribution is 7.03. The van der Waals surface area contributed by atoms with Crippen LogP contribution in [0.25, 0.3) is 0 Å². The Kier molecular flexibility index (Phi) is 4.55. The molecule has 1 fully saturated rings. The second-order valence-electron chi connectivity index (χ2n) is 5.15. The molecule has 1 atom stereocenters. The van der Waals surface area contributed by atoms with Crippen molar-refractivity contribution in [3.8, 4) is 6.07 Å². The van der Waals surface area contributed by atoms with Gasteiger partial charge in [-0.1, -0.05) is 34.8 Å². The Hall–Kier alpha value is -1.81. The summed E-state index contributed by atoms with van der Waals surface area (Å²) in [6, 6.07) is 12.3. The molecule has 21 heavy (non-hydrogen) atoms. The Balaban J connectivity index is 1.58. The van der Waals surface area contributed by atoms with Gasteiger partial charge >= 0.3 is 0 Å². The first-order chi connectivity index (χ1) is 10.4. The quantitative estimate of drug-likeness (QED) is 0.863. The lowest BCUT2D eigenvalue weighted by atomic mass is 10.1. The zero-order chi connectivity index (χ0) is 14.5. The molecule has 0 radical (unpaired) electrons. The van der Waals surface area contributed by atoms with Crippen molar-refractivity contribution in [1.29, 1.82) is 5.26 Å². The SMILES string of the molecule is N#CC(c1ccccc1)N1CCN(Cc2csnn2)CC1. The number of nitriles is 1. The van der Waals surface area contributed by atoms with E-state index in [2.05, 4.69) is 25.5 Å². The molecular weight excluding hydrogens is 282 g/mol. The summed E-state index contributed by atoms with van der Waals surface area (Å²) in [7, 11) is 0. The highest BCUT2D eigenvalue weighted by Gasteiger charge is 2.25. The number of hydrogen-bond donors (Lipinski definition) is 0. The third kappa shape index (κ3) is 3.45. The van der Waals surface area contributed by atoms with E-state index in [4.69, 9.17) is 0 Å². The fraction of sp³-hybridized carbons (Fsp3) is 0.400. The van der Waals surface area contributed by atoms with Gasteiger partial charge in [0.1, 0.15) is 6.04 Å². The minimum atomic E-state index is -0.144. The van der Waals surface area contributed by atoms with Gasteiger partial charge in [0.05, 0.1) is 11.8 Å². The Morgan fingerprint density at radius 1 is 1.19 bits per heavy atom.